The van der Waals surface area contributed by atoms with Crippen LogP contribution in [0.4, 0.5) is 5.69 Å². The highest BCUT2D eigenvalue weighted by Crippen LogP contribution is 2.21. The van der Waals surface area contributed by atoms with E-state index in [9.17, 15) is 4.79 Å². The Hall–Kier alpha value is -2.66. The Labute approximate surface area is 135 Å². The van der Waals surface area contributed by atoms with Crippen molar-refractivity contribution in [1.29, 1.82) is 0 Å². The van der Waals surface area contributed by atoms with Crippen LogP contribution in [0.3, 0.4) is 0 Å². The molecule has 0 aliphatic heterocycles. The second-order valence-electron chi connectivity index (χ2n) is 5.62. The van der Waals surface area contributed by atoms with E-state index < -0.39 is 0 Å². The van der Waals surface area contributed by atoms with Crippen molar-refractivity contribution in [3.05, 3.63) is 54.4 Å². The summed E-state index contributed by atoms with van der Waals surface area (Å²) in [7, 11) is 0. The Morgan fingerprint density at radius 2 is 1.96 bits per heavy atom. The van der Waals surface area contributed by atoms with Crippen molar-refractivity contribution >= 4 is 17.2 Å². The third kappa shape index (κ3) is 3.57. The first-order valence-electron chi connectivity index (χ1n) is 7.71. The molecule has 0 aliphatic rings. The largest absolute Gasteiger partial charge is 0.330 e. The molecular weight excluding hydrogens is 288 g/mol. The molecule has 3 rings (SSSR count). The van der Waals surface area contributed by atoms with E-state index in [0.717, 1.165) is 22.6 Å². The number of hydrogen-bond acceptors (Lipinski definition) is 3. The fourth-order valence-electron chi connectivity index (χ4n) is 2.42. The van der Waals surface area contributed by atoms with Gasteiger partial charge in [0.15, 0.2) is 0 Å². The minimum Gasteiger partial charge on any atom is -0.330 e. The van der Waals surface area contributed by atoms with Crippen LogP contribution in [0.5, 0.6) is 0 Å². The summed E-state index contributed by atoms with van der Waals surface area (Å²) >= 11 is 0. The molecule has 0 fully saturated rings. The van der Waals surface area contributed by atoms with Gasteiger partial charge in [0, 0.05) is 24.4 Å². The van der Waals surface area contributed by atoms with E-state index in [-0.39, 0.29) is 5.91 Å². The van der Waals surface area contributed by atoms with E-state index in [0.29, 0.717) is 19.4 Å². The van der Waals surface area contributed by atoms with Gasteiger partial charge in [0.1, 0.15) is 5.65 Å². The summed E-state index contributed by atoms with van der Waals surface area (Å²) < 4.78 is 1.92. The van der Waals surface area contributed by atoms with Gasteiger partial charge in [-0.25, -0.2) is 4.98 Å². The number of aryl methyl sites for hydroxylation is 1. The lowest BCUT2D eigenvalue weighted by Crippen LogP contribution is -2.13. The SMILES string of the molecule is Cc1ccc(-c2cn3cc(NC(=O)CCCN)ccc3n2)cc1. The molecule has 2 aromatic heterocycles. The molecule has 0 aliphatic carbocycles. The first kappa shape index (κ1) is 15.2. The number of nitrogens with zero attached hydrogens (tertiary/aromatic N) is 2. The van der Waals surface area contributed by atoms with Gasteiger partial charge in [-0.05, 0) is 32.0 Å². The Morgan fingerprint density at radius 1 is 1.17 bits per heavy atom. The van der Waals surface area contributed by atoms with Crippen molar-refractivity contribution in [2.45, 2.75) is 19.8 Å². The molecular formula is C18H20N4O. The molecule has 0 saturated carbocycles. The third-order valence-corrected chi connectivity index (χ3v) is 3.69. The zero-order chi connectivity index (χ0) is 16.2. The number of aromatic nitrogens is 2. The summed E-state index contributed by atoms with van der Waals surface area (Å²) in [6.45, 7) is 2.58. The minimum atomic E-state index is -0.0197. The standard InChI is InChI=1S/C18H20N4O/c1-13-4-6-14(7-5-13)16-12-22-11-15(8-9-17(22)21-16)20-18(23)3-2-10-19/h4-9,11-12H,2-3,10,19H2,1H3,(H,20,23). The number of carbonyl (C=O) groups is 1. The van der Waals surface area contributed by atoms with Gasteiger partial charge in [0.05, 0.1) is 11.4 Å². The molecule has 0 saturated heterocycles. The molecule has 0 radical (unpaired) electrons. The van der Waals surface area contributed by atoms with Gasteiger partial charge in [-0.15, -0.1) is 0 Å². The van der Waals surface area contributed by atoms with Gasteiger partial charge in [-0.1, -0.05) is 29.8 Å². The highest BCUT2D eigenvalue weighted by molar-refractivity contribution is 5.90. The van der Waals surface area contributed by atoms with Crippen LogP contribution in [-0.4, -0.2) is 21.8 Å². The van der Waals surface area contributed by atoms with E-state index in [1.807, 2.05) is 28.9 Å². The van der Waals surface area contributed by atoms with Gasteiger partial charge in [-0.2, -0.15) is 0 Å². The van der Waals surface area contributed by atoms with Crippen molar-refractivity contribution < 1.29 is 4.79 Å². The van der Waals surface area contributed by atoms with Crippen LogP contribution in [0.2, 0.25) is 0 Å². The van der Waals surface area contributed by atoms with Crippen LogP contribution in [-0.2, 0) is 4.79 Å². The van der Waals surface area contributed by atoms with Crippen LogP contribution in [0, 0.1) is 6.92 Å². The number of rotatable bonds is 5. The lowest BCUT2D eigenvalue weighted by molar-refractivity contribution is -0.116. The Balaban J connectivity index is 1.83. The maximum Gasteiger partial charge on any atom is 0.224 e. The van der Waals surface area contributed by atoms with Crippen LogP contribution >= 0.6 is 0 Å². The molecule has 3 aromatic rings. The Morgan fingerprint density at radius 3 is 2.70 bits per heavy atom. The summed E-state index contributed by atoms with van der Waals surface area (Å²) in [5.41, 5.74) is 10.2. The quantitative estimate of drug-likeness (QED) is 0.761. The number of benzene rings is 1. The number of fused-ring (bicyclic) bond motifs is 1. The fourth-order valence-corrected chi connectivity index (χ4v) is 2.42. The summed E-state index contributed by atoms with van der Waals surface area (Å²) in [5, 5.41) is 2.88. The van der Waals surface area contributed by atoms with Crippen LogP contribution < -0.4 is 11.1 Å². The van der Waals surface area contributed by atoms with Gasteiger partial charge in [0.2, 0.25) is 5.91 Å². The van der Waals surface area contributed by atoms with E-state index in [4.69, 9.17) is 5.73 Å². The second kappa shape index (κ2) is 6.62. The third-order valence-electron chi connectivity index (χ3n) is 3.69. The zero-order valence-corrected chi connectivity index (χ0v) is 13.1. The predicted octanol–water partition coefficient (Wildman–Crippen LogP) is 2.99. The minimum absolute atomic E-state index is 0.0197. The van der Waals surface area contributed by atoms with E-state index in [2.05, 4.69) is 41.5 Å². The lowest BCUT2D eigenvalue weighted by Gasteiger charge is -2.05. The highest BCUT2D eigenvalue weighted by atomic mass is 16.1. The maximum atomic E-state index is 11.8. The van der Waals surface area contributed by atoms with Gasteiger partial charge in [-0.3, -0.25) is 4.79 Å². The summed E-state index contributed by atoms with van der Waals surface area (Å²) in [5.74, 6) is -0.0197. The molecule has 1 aromatic carbocycles. The summed E-state index contributed by atoms with van der Waals surface area (Å²) in [6, 6.07) is 12.0. The topological polar surface area (TPSA) is 72.4 Å². The number of amides is 1. The fraction of sp³-hybridized carbons (Fsp3) is 0.222. The zero-order valence-electron chi connectivity index (χ0n) is 13.1. The molecule has 23 heavy (non-hydrogen) atoms. The average Bonchev–Trinajstić information content (AvgIpc) is 2.96. The first-order valence-corrected chi connectivity index (χ1v) is 7.71. The molecule has 5 heteroatoms. The number of nitrogens with one attached hydrogen (secondary N) is 1. The average molecular weight is 308 g/mol. The van der Waals surface area contributed by atoms with Crippen molar-refractivity contribution in [2.75, 3.05) is 11.9 Å². The smallest absolute Gasteiger partial charge is 0.224 e. The lowest BCUT2D eigenvalue weighted by atomic mass is 10.1. The van der Waals surface area contributed by atoms with Crippen molar-refractivity contribution in [3.63, 3.8) is 0 Å². The maximum absolute atomic E-state index is 11.8. The molecule has 0 spiro atoms. The Kier molecular flexibility index (Phi) is 4.39. The summed E-state index contributed by atoms with van der Waals surface area (Å²) in [6.07, 6.45) is 4.97. The highest BCUT2D eigenvalue weighted by Gasteiger charge is 2.06. The second-order valence-corrected chi connectivity index (χ2v) is 5.62. The predicted molar refractivity (Wildman–Crippen MR) is 92.3 cm³/mol. The van der Waals surface area contributed by atoms with Crippen molar-refractivity contribution in [1.82, 2.24) is 9.38 Å². The number of pyridine rings is 1. The number of nitrogens with two attached hydrogens (primary N) is 1. The molecule has 1 amide bonds. The number of hydrogen-bond donors (Lipinski definition) is 2. The number of anilines is 1. The molecule has 0 unspecified atom stereocenters. The van der Waals surface area contributed by atoms with Crippen LogP contribution in [0.25, 0.3) is 16.9 Å². The van der Waals surface area contributed by atoms with Crippen molar-refractivity contribution in [3.8, 4) is 11.3 Å². The summed E-state index contributed by atoms with van der Waals surface area (Å²) in [4.78, 5) is 16.4. The molecule has 5 nitrogen and oxygen atoms in total. The molecule has 2 heterocycles. The van der Waals surface area contributed by atoms with Crippen LogP contribution in [0.15, 0.2) is 48.8 Å². The first-order chi connectivity index (χ1) is 11.2. The normalized spacial score (nSPS) is 10.9. The van der Waals surface area contributed by atoms with Crippen LogP contribution in [0.1, 0.15) is 18.4 Å². The molecule has 3 N–H and O–H groups in total. The molecule has 0 atom stereocenters. The van der Waals surface area contributed by atoms with E-state index >= 15 is 0 Å². The molecule has 118 valence electrons. The number of carbonyl (C=O) groups excluding carboxylic acids is 1. The molecule has 0 bridgehead atoms. The van der Waals surface area contributed by atoms with E-state index in [1.54, 1.807) is 0 Å². The monoisotopic (exact) mass is 308 g/mol. The van der Waals surface area contributed by atoms with Gasteiger partial charge < -0.3 is 15.5 Å². The number of imidazole rings is 1. The van der Waals surface area contributed by atoms with Gasteiger partial charge >= 0.3 is 0 Å². The van der Waals surface area contributed by atoms with Gasteiger partial charge in [0.25, 0.3) is 0 Å². The van der Waals surface area contributed by atoms with Crippen molar-refractivity contribution in [2.24, 2.45) is 5.73 Å². The van der Waals surface area contributed by atoms with E-state index in [1.165, 1.54) is 5.56 Å². The Bertz CT molecular complexity index is 821.